The van der Waals surface area contributed by atoms with Gasteiger partial charge in [-0.1, -0.05) is 0 Å². The van der Waals surface area contributed by atoms with Crippen LogP contribution in [0, 0.1) is 0 Å². The van der Waals surface area contributed by atoms with Crippen molar-refractivity contribution in [3.63, 3.8) is 0 Å². The molecule has 0 saturated carbocycles. The van der Waals surface area contributed by atoms with E-state index in [9.17, 15) is 9.59 Å². The van der Waals surface area contributed by atoms with E-state index in [4.69, 9.17) is 5.73 Å². The molecule has 0 aromatic carbocycles. The van der Waals surface area contributed by atoms with Crippen LogP contribution < -0.4 is 11.3 Å². The van der Waals surface area contributed by atoms with Crippen molar-refractivity contribution in [3.8, 4) is 0 Å². The molecule has 110 valence electrons. The largest absolute Gasteiger partial charge is 0.398 e. The minimum atomic E-state index is -0.200. The van der Waals surface area contributed by atoms with E-state index >= 15 is 0 Å². The number of nitrogen functional groups attached to an aromatic ring is 1. The zero-order chi connectivity index (χ0) is 14.7. The van der Waals surface area contributed by atoms with Gasteiger partial charge in [-0.25, -0.2) is 0 Å². The fourth-order valence-electron chi connectivity index (χ4n) is 2.52. The van der Waals surface area contributed by atoms with Gasteiger partial charge in [0.2, 0.25) is 5.91 Å². The van der Waals surface area contributed by atoms with Crippen molar-refractivity contribution in [3.05, 3.63) is 28.7 Å². The van der Waals surface area contributed by atoms with Crippen molar-refractivity contribution in [2.24, 2.45) is 0 Å². The van der Waals surface area contributed by atoms with Gasteiger partial charge in [-0.3, -0.25) is 9.59 Å². The first-order valence-electron chi connectivity index (χ1n) is 6.87. The van der Waals surface area contributed by atoms with Crippen molar-refractivity contribution in [2.75, 3.05) is 32.9 Å². The molecule has 6 heteroatoms. The van der Waals surface area contributed by atoms with E-state index in [2.05, 4.69) is 4.90 Å². The van der Waals surface area contributed by atoms with E-state index in [1.165, 1.54) is 16.8 Å². The van der Waals surface area contributed by atoms with Gasteiger partial charge in [-0.05, 0) is 33.0 Å². The minimum Gasteiger partial charge on any atom is -0.398 e. The molecular formula is C14H22N4O2. The first kappa shape index (κ1) is 14.6. The van der Waals surface area contributed by atoms with E-state index in [1.54, 1.807) is 6.07 Å². The molecule has 1 saturated heterocycles. The number of rotatable bonds is 3. The molecule has 0 bridgehead atoms. The number of anilines is 1. The van der Waals surface area contributed by atoms with Crippen LogP contribution in [-0.2, 0) is 11.3 Å². The predicted octanol–water partition coefficient (Wildman–Crippen LogP) is -0.0169. The summed E-state index contributed by atoms with van der Waals surface area (Å²) < 4.78 is 1.37. The van der Waals surface area contributed by atoms with Gasteiger partial charge < -0.3 is 20.1 Å². The van der Waals surface area contributed by atoms with Crippen LogP contribution in [0.15, 0.2) is 23.1 Å². The Morgan fingerprint density at radius 1 is 1.45 bits per heavy atom. The lowest BCUT2D eigenvalue weighted by atomic mass is 10.0. The van der Waals surface area contributed by atoms with E-state index < -0.39 is 0 Å². The van der Waals surface area contributed by atoms with Crippen LogP contribution in [0.5, 0.6) is 0 Å². The third-order valence-corrected chi connectivity index (χ3v) is 3.79. The summed E-state index contributed by atoms with van der Waals surface area (Å²) in [6, 6.07) is 3.33. The second-order valence-corrected chi connectivity index (χ2v) is 5.53. The number of hydrogen-bond acceptors (Lipinski definition) is 4. The number of pyridine rings is 1. The van der Waals surface area contributed by atoms with Crippen LogP contribution in [-0.4, -0.2) is 53.5 Å². The molecule has 20 heavy (non-hydrogen) atoms. The number of piperidine rings is 1. The molecule has 1 atom stereocenters. The highest BCUT2D eigenvalue weighted by Crippen LogP contribution is 2.14. The Labute approximate surface area is 118 Å². The van der Waals surface area contributed by atoms with Crippen LogP contribution in [0.3, 0.4) is 0 Å². The number of hydrogen-bond donors (Lipinski definition) is 1. The van der Waals surface area contributed by atoms with Gasteiger partial charge in [0.15, 0.2) is 0 Å². The molecule has 0 aliphatic carbocycles. The Morgan fingerprint density at radius 3 is 2.90 bits per heavy atom. The maximum absolute atomic E-state index is 12.3. The van der Waals surface area contributed by atoms with Crippen LogP contribution >= 0.6 is 0 Å². The first-order valence-corrected chi connectivity index (χ1v) is 6.87. The Bertz CT molecular complexity index is 538. The summed E-state index contributed by atoms with van der Waals surface area (Å²) in [6.45, 7) is 1.55. The summed E-state index contributed by atoms with van der Waals surface area (Å²) in [5, 5.41) is 0. The molecule has 1 aromatic rings. The van der Waals surface area contributed by atoms with E-state index in [-0.39, 0.29) is 18.0 Å². The van der Waals surface area contributed by atoms with Gasteiger partial charge in [0, 0.05) is 37.1 Å². The summed E-state index contributed by atoms with van der Waals surface area (Å²) in [5.74, 6) is -0.0238. The van der Waals surface area contributed by atoms with E-state index in [1.807, 2.05) is 19.0 Å². The van der Waals surface area contributed by atoms with Gasteiger partial charge in [-0.2, -0.15) is 0 Å². The zero-order valence-corrected chi connectivity index (χ0v) is 12.1. The second kappa shape index (κ2) is 6.09. The number of amides is 1. The maximum Gasteiger partial charge on any atom is 0.251 e. The number of likely N-dealkylation sites (N-methyl/N-ethyl adjacent to an activating group) is 1. The molecule has 2 rings (SSSR count). The normalized spacial score (nSPS) is 19.4. The number of carbonyl (C=O) groups excluding carboxylic acids is 1. The van der Waals surface area contributed by atoms with E-state index in [0.717, 1.165) is 25.9 Å². The molecule has 1 aliphatic rings. The van der Waals surface area contributed by atoms with Gasteiger partial charge in [0.05, 0.1) is 0 Å². The molecule has 1 amide bonds. The zero-order valence-electron chi connectivity index (χ0n) is 12.1. The molecule has 1 unspecified atom stereocenters. The van der Waals surface area contributed by atoms with Crippen LogP contribution in [0.25, 0.3) is 0 Å². The monoisotopic (exact) mass is 278 g/mol. The number of carbonyl (C=O) groups is 1. The van der Waals surface area contributed by atoms with Crippen LogP contribution in [0.2, 0.25) is 0 Å². The van der Waals surface area contributed by atoms with Gasteiger partial charge in [0.25, 0.3) is 5.56 Å². The second-order valence-electron chi connectivity index (χ2n) is 5.53. The average molecular weight is 278 g/mol. The number of nitrogens with two attached hydrogens (primary N) is 1. The number of aromatic nitrogens is 1. The third kappa shape index (κ3) is 3.39. The highest BCUT2D eigenvalue weighted by atomic mass is 16.2. The fraction of sp³-hybridized carbons (Fsp3) is 0.571. The number of nitrogens with zero attached hydrogens (tertiary/aromatic N) is 3. The van der Waals surface area contributed by atoms with Gasteiger partial charge >= 0.3 is 0 Å². The molecule has 2 N–H and O–H groups in total. The Balaban J connectivity index is 2.04. The Hall–Kier alpha value is -1.82. The topological polar surface area (TPSA) is 71.6 Å². The molecule has 1 aliphatic heterocycles. The molecule has 0 spiro atoms. The van der Waals surface area contributed by atoms with Crippen molar-refractivity contribution in [2.45, 2.75) is 25.4 Å². The molecule has 1 aromatic heterocycles. The molecule has 6 nitrogen and oxygen atoms in total. The highest BCUT2D eigenvalue weighted by Gasteiger charge is 2.24. The van der Waals surface area contributed by atoms with Crippen molar-refractivity contribution in [1.82, 2.24) is 14.4 Å². The Morgan fingerprint density at radius 2 is 2.20 bits per heavy atom. The fourth-order valence-corrected chi connectivity index (χ4v) is 2.52. The number of likely N-dealkylation sites (tertiary alicyclic amines) is 1. The summed E-state index contributed by atoms with van der Waals surface area (Å²) in [4.78, 5) is 28.0. The molecular weight excluding hydrogens is 256 g/mol. The quantitative estimate of drug-likeness (QED) is 0.843. The lowest BCUT2D eigenvalue weighted by Gasteiger charge is -2.36. The third-order valence-electron chi connectivity index (χ3n) is 3.79. The van der Waals surface area contributed by atoms with Gasteiger partial charge in [0.1, 0.15) is 6.54 Å². The lowest BCUT2D eigenvalue weighted by molar-refractivity contribution is -0.133. The summed E-state index contributed by atoms with van der Waals surface area (Å²) in [5.41, 5.74) is 5.94. The predicted molar refractivity (Wildman–Crippen MR) is 78.4 cm³/mol. The Kier molecular flexibility index (Phi) is 4.44. The summed E-state index contributed by atoms with van der Waals surface area (Å²) >= 11 is 0. The highest BCUT2D eigenvalue weighted by molar-refractivity contribution is 5.76. The molecule has 0 radical (unpaired) electrons. The van der Waals surface area contributed by atoms with Crippen molar-refractivity contribution in [1.29, 1.82) is 0 Å². The van der Waals surface area contributed by atoms with Crippen LogP contribution in [0.1, 0.15) is 12.8 Å². The maximum atomic E-state index is 12.3. The van der Waals surface area contributed by atoms with Crippen LogP contribution in [0.4, 0.5) is 5.69 Å². The van der Waals surface area contributed by atoms with Crippen molar-refractivity contribution >= 4 is 11.6 Å². The standard InChI is InChI=1S/C14H22N4O2/c1-16(2)12-4-3-7-17(9-12)14(20)10-18-8-11(15)5-6-13(18)19/h5-6,8,12H,3-4,7,9-10,15H2,1-2H3. The molecule has 2 heterocycles. The lowest BCUT2D eigenvalue weighted by Crippen LogP contribution is -2.48. The summed E-state index contributed by atoms with van der Waals surface area (Å²) in [6.07, 6.45) is 3.63. The van der Waals surface area contributed by atoms with Gasteiger partial charge in [-0.15, -0.1) is 0 Å². The SMILES string of the molecule is CN(C)C1CCCN(C(=O)Cn2cc(N)ccc2=O)C1. The smallest absolute Gasteiger partial charge is 0.251 e. The molecule has 1 fully saturated rings. The minimum absolute atomic E-state index is 0.0238. The summed E-state index contributed by atoms with van der Waals surface area (Å²) in [7, 11) is 4.06. The average Bonchev–Trinajstić information content (AvgIpc) is 2.43. The van der Waals surface area contributed by atoms with E-state index in [0.29, 0.717) is 11.7 Å². The first-order chi connectivity index (χ1) is 9.47. The van der Waals surface area contributed by atoms with Crippen molar-refractivity contribution < 1.29 is 4.79 Å².